The summed E-state index contributed by atoms with van der Waals surface area (Å²) in [4.78, 5) is 16.5. The predicted molar refractivity (Wildman–Crippen MR) is 127 cm³/mol. The van der Waals surface area contributed by atoms with Crippen molar-refractivity contribution in [3.63, 3.8) is 0 Å². The van der Waals surface area contributed by atoms with Gasteiger partial charge < -0.3 is 9.84 Å². The highest BCUT2D eigenvalue weighted by Gasteiger charge is 2.20. The molecule has 9 heteroatoms. The van der Waals surface area contributed by atoms with Gasteiger partial charge in [-0.15, -0.1) is 5.10 Å². The molecule has 0 unspecified atom stereocenters. The molecular weight excluding hydrogens is 432 g/mol. The number of hydrogen-bond acceptors (Lipinski definition) is 6. The molecule has 0 saturated heterocycles. The summed E-state index contributed by atoms with van der Waals surface area (Å²) in [6.07, 6.45) is 0. The van der Waals surface area contributed by atoms with Gasteiger partial charge in [-0.3, -0.25) is 4.57 Å². The zero-order chi connectivity index (χ0) is 23.7. The van der Waals surface area contributed by atoms with E-state index in [0.29, 0.717) is 36.0 Å². The summed E-state index contributed by atoms with van der Waals surface area (Å²) < 4.78 is 7.60. The average molecular weight is 454 g/mol. The molecule has 2 heterocycles. The lowest BCUT2D eigenvalue weighted by molar-refractivity contribution is 0.0698. The Bertz CT molecular complexity index is 1470. The van der Waals surface area contributed by atoms with Crippen molar-refractivity contribution in [2.24, 2.45) is 0 Å². The van der Waals surface area contributed by atoms with Crippen molar-refractivity contribution in [2.75, 3.05) is 6.61 Å². The zero-order valence-corrected chi connectivity index (χ0v) is 18.7. The third-order valence-electron chi connectivity index (χ3n) is 5.70. The largest absolute Gasteiger partial charge is 0.478 e. The predicted octanol–water partition coefficient (Wildman–Crippen LogP) is 4.34. The van der Waals surface area contributed by atoms with Crippen LogP contribution in [0.2, 0.25) is 0 Å². The molecule has 5 rings (SSSR count). The van der Waals surface area contributed by atoms with Crippen LogP contribution < -0.4 is 4.74 Å². The Morgan fingerprint density at radius 3 is 2.50 bits per heavy atom. The van der Waals surface area contributed by atoms with Crippen LogP contribution in [0.5, 0.6) is 6.01 Å². The fourth-order valence-electron chi connectivity index (χ4n) is 4.09. The second-order valence-corrected chi connectivity index (χ2v) is 7.84. The van der Waals surface area contributed by atoms with Crippen LogP contribution >= 0.6 is 0 Å². The summed E-state index contributed by atoms with van der Waals surface area (Å²) in [5, 5.41) is 24.0. The molecule has 0 bridgehead atoms. The van der Waals surface area contributed by atoms with Gasteiger partial charge in [-0.25, -0.2) is 9.89 Å². The lowest BCUT2D eigenvalue weighted by atomic mass is 9.98. The van der Waals surface area contributed by atoms with Crippen molar-refractivity contribution < 1.29 is 14.6 Å². The van der Waals surface area contributed by atoms with Crippen molar-refractivity contribution >= 4 is 17.0 Å². The fourth-order valence-corrected chi connectivity index (χ4v) is 4.09. The number of fused-ring (bicyclic) bond motifs is 1. The molecule has 0 aliphatic heterocycles. The monoisotopic (exact) mass is 454 g/mol. The van der Waals surface area contributed by atoms with E-state index < -0.39 is 5.97 Å². The molecule has 3 aromatic carbocycles. The fraction of sp³-hybridized carbons (Fsp3) is 0.160. The van der Waals surface area contributed by atoms with Crippen LogP contribution in [0.15, 0.2) is 60.7 Å². The first-order valence-electron chi connectivity index (χ1n) is 10.8. The molecule has 0 spiro atoms. The highest BCUT2D eigenvalue weighted by Crippen LogP contribution is 2.31. The van der Waals surface area contributed by atoms with Gasteiger partial charge in [0.25, 0.3) is 6.01 Å². The second-order valence-electron chi connectivity index (χ2n) is 7.84. The number of hydrogen-bond donors (Lipinski definition) is 2. The van der Waals surface area contributed by atoms with Crippen LogP contribution in [0.25, 0.3) is 33.5 Å². The maximum absolute atomic E-state index is 11.9. The summed E-state index contributed by atoms with van der Waals surface area (Å²) in [6, 6.07) is 19.8. The van der Waals surface area contributed by atoms with Crippen LogP contribution in [0, 0.1) is 6.92 Å². The van der Waals surface area contributed by atoms with E-state index in [2.05, 4.69) is 25.6 Å². The van der Waals surface area contributed by atoms with Gasteiger partial charge in [0.1, 0.15) is 0 Å². The summed E-state index contributed by atoms with van der Waals surface area (Å²) in [5.74, 6) is -0.398. The minimum atomic E-state index is -0.997. The van der Waals surface area contributed by atoms with E-state index in [9.17, 15) is 9.90 Å². The number of aromatic nitrogens is 6. The van der Waals surface area contributed by atoms with Crippen LogP contribution in [-0.4, -0.2) is 47.9 Å². The van der Waals surface area contributed by atoms with E-state index >= 15 is 0 Å². The highest BCUT2D eigenvalue weighted by molar-refractivity contribution is 6.02. The summed E-state index contributed by atoms with van der Waals surface area (Å²) in [5.41, 5.74) is 6.19. The van der Waals surface area contributed by atoms with Crippen molar-refractivity contribution in [1.29, 1.82) is 0 Å². The molecule has 0 saturated carbocycles. The minimum Gasteiger partial charge on any atom is -0.478 e. The van der Waals surface area contributed by atoms with E-state index in [1.54, 1.807) is 12.1 Å². The number of aromatic carboxylic acids is 1. The number of aryl methyl sites for hydroxylation is 1. The Morgan fingerprint density at radius 1 is 1.06 bits per heavy atom. The summed E-state index contributed by atoms with van der Waals surface area (Å²) in [6.45, 7) is 4.64. The van der Waals surface area contributed by atoms with Crippen LogP contribution in [0.4, 0.5) is 0 Å². The Kier molecular flexibility index (Phi) is 5.51. The van der Waals surface area contributed by atoms with Gasteiger partial charge >= 0.3 is 5.97 Å². The Morgan fingerprint density at radius 2 is 1.82 bits per heavy atom. The van der Waals surface area contributed by atoms with Crippen molar-refractivity contribution in [1.82, 2.24) is 30.2 Å². The van der Waals surface area contributed by atoms with E-state index in [0.717, 1.165) is 27.8 Å². The Labute approximate surface area is 195 Å². The number of nitrogens with zero attached hydrogens (tertiary/aromatic N) is 5. The smallest absolute Gasteiger partial charge is 0.337 e. The molecule has 0 fully saturated rings. The van der Waals surface area contributed by atoms with E-state index in [1.165, 1.54) is 0 Å². The lowest BCUT2D eigenvalue weighted by Gasteiger charge is -2.12. The molecule has 0 atom stereocenters. The lowest BCUT2D eigenvalue weighted by Crippen LogP contribution is -2.08. The maximum Gasteiger partial charge on any atom is 0.337 e. The molecule has 0 aliphatic carbocycles. The third kappa shape index (κ3) is 3.77. The first kappa shape index (κ1) is 21.3. The number of imidazole rings is 1. The summed E-state index contributed by atoms with van der Waals surface area (Å²) in [7, 11) is 0. The number of carbonyl (C=O) groups is 1. The van der Waals surface area contributed by atoms with Crippen molar-refractivity contribution in [2.45, 2.75) is 20.4 Å². The molecule has 9 nitrogen and oxygen atoms in total. The molecule has 5 aromatic rings. The number of nitrogens with one attached hydrogen (secondary N) is 1. The normalized spacial score (nSPS) is 11.1. The number of aromatic amines is 1. The minimum absolute atomic E-state index is 0.199. The molecule has 0 aliphatic rings. The Balaban J connectivity index is 1.55. The van der Waals surface area contributed by atoms with Crippen LogP contribution in [0.3, 0.4) is 0 Å². The van der Waals surface area contributed by atoms with E-state index in [-0.39, 0.29) is 5.56 Å². The zero-order valence-electron chi connectivity index (χ0n) is 18.7. The summed E-state index contributed by atoms with van der Waals surface area (Å²) >= 11 is 0. The maximum atomic E-state index is 11.9. The van der Waals surface area contributed by atoms with Gasteiger partial charge in [-0.2, -0.15) is 4.98 Å². The number of carboxylic acid groups (broad SMARTS) is 1. The molecule has 0 amide bonds. The number of tetrazole rings is 1. The van der Waals surface area contributed by atoms with Crippen LogP contribution in [-0.2, 0) is 6.54 Å². The molecule has 34 heavy (non-hydrogen) atoms. The van der Waals surface area contributed by atoms with Crippen LogP contribution in [0.1, 0.15) is 28.4 Å². The highest BCUT2D eigenvalue weighted by atomic mass is 16.5. The van der Waals surface area contributed by atoms with Crippen molar-refractivity contribution in [3.05, 3.63) is 77.4 Å². The first-order valence-corrected chi connectivity index (χ1v) is 10.8. The molecule has 2 aromatic heterocycles. The van der Waals surface area contributed by atoms with E-state index in [1.807, 2.05) is 66.9 Å². The molecule has 0 radical (unpaired) electrons. The van der Waals surface area contributed by atoms with Gasteiger partial charge in [0.05, 0.1) is 29.7 Å². The first-order chi connectivity index (χ1) is 16.6. The van der Waals surface area contributed by atoms with E-state index in [4.69, 9.17) is 4.74 Å². The molecule has 170 valence electrons. The van der Waals surface area contributed by atoms with Gasteiger partial charge in [0, 0.05) is 5.56 Å². The molecule has 2 N–H and O–H groups in total. The number of rotatable bonds is 7. The number of H-pyrrole nitrogens is 1. The number of ether oxygens (including phenoxy) is 1. The van der Waals surface area contributed by atoms with Gasteiger partial charge in [0.2, 0.25) is 0 Å². The number of carboxylic acids is 1. The van der Waals surface area contributed by atoms with Crippen molar-refractivity contribution in [3.8, 4) is 28.5 Å². The van der Waals surface area contributed by atoms with Gasteiger partial charge in [-0.1, -0.05) is 54.6 Å². The molecular formula is C25H22N6O3. The quantitative estimate of drug-likeness (QED) is 0.375. The van der Waals surface area contributed by atoms with Gasteiger partial charge in [-0.05, 0) is 52.6 Å². The SMILES string of the molecule is CCOc1nc2c(C)ccc(C(=O)O)c2n1Cc1ccc(-c2ccccc2-c2nnn[nH]2)cc1. The van der Waals surface area contributed by atoms with Gasteiger partial charge in [0.15, 0.2) is 5.82 Å². The standard InChI is InChI=1S/C25H22N6O3/c1-3-34-25-26-21-15(2)8-13-20(24(32)33)22(21)31(25)14-16-9-11-17(12-10-16)18-6-4-5-7-19(18)23-27-29-30-28-23/h4-13H,3,14H2,1-2H3,(H,32,33)(H,27,28,29,30). The third-order valence-corrected chi connectivity index (χ3v) is 5.70. The second kappa shape index (κ2) is 8.78. The average Bonchev–Trinajstić information content (AvgIpc) is 3.50. The Hall–Kier alpha value is -4.53. The topological polar surface area (TPSA) is 119 Å². The number of benzene rings is 3.